The molecule has 0 saturated carbocycles. The van der Waals surface area contributed by atoms with E-state index in [1.54, 1.807) is 0 Å². The van der Waals surface area contributed by atoms with Crippen LogP contribution in [0.15, 0.2) is 0 Å². The van der Waals surface area contributed by atoms with Gasteiger partial charge in [-0.3, -0.25) is 0 Å². The van der Waals surface area contributed by atoms with Gasteiger partial charge in [-0.15, -0.1) is 0 Å². The Kier molecular flexibility index (Phi) is 2.95. The summed E-state index contributed by atoms with van der Waals surface area (Å²) in [6, 6.07) is 2.30. The molecule has 0 aromatic carbocycles. The Balaban J connectivity index is 2.26. The Morgan fingerprint density at radius 1 is 1.31 bits per heavy atom. The van der Waals surface area contributed by atoms with Crippen molar-refractivity contribution in [2.45, 2.75) is 50.9 Å². The second-order valence-corrected chi connectivity index (χ2v) is 5.19. The highest BCUT2D eigenvalue weighted by Crippen LogP contribution is 2.47. The molecule has 16 heavy (non-hydrogen) atoms. The number of hydrogen-bond acceptors (Lipinski definition) is 4. The minimum atomic E-state index is -0.963. The molecule has 2 saturated heterocycles. The van der Waals surface area contributed by atoms with Crippen LogP contribution in [-0.2, 0) is 9.47 Å². The van der Waals surface area contributed by atoms with Crippen LogP contribution < -0.4 is 0 Å². The Labute approximate surface area is 96.2 Å². The standard InChI is InChI=1S/C12H19NO3/c1-9-5-12(14,6-10(2)16-9)11(7-13)3-4-15-8-11/h9-10,14H,3-6,8H2,1-2H3. The van der Waals surface area contributed by atoms with Gasteiger partial charge in [0.2, 0.25) is 0 Å². The summed E-state index contributed by atoms with van der Waals surface area (Å²) in [5, 5.41) is 20.2. The Morgan fingerprint density at radius 2 is 1.94 bits per heavy atom. The van der Waals surface area contributed by atoms with Crippen LogP contribution in [0.4, 0.5) is 0 Å². The van der Waals surface area contributed by atoms with E-state index in [1.807, 2.05) is 13.8 Å². The van der Waals surface area contributed by atoms with Crippen LogP contribution in [0.5, 0.6) is 0 Å². The Morgan fingerprint density at radius 3 is 2.38 bits per heavy atom. The summed E-state index contributed by atoms with van der Waals surface area (Å²) in [7, 11) is 0. The molecular formula is C12H19NO3. The van der Waals surface area contributed by atoms with Crippen molar-refractivity contribution in [1.29, 1.82) is 5.26 Å². The fourth-order valence-corrected chi connectivity index (χ4v) is 3.04. The van der Waals surface area contributed by atoms with Crippen LogP contribution in [0.1, 0.15) is 33.1 Å². The molecule has 0 aromatic heterocycles. The second kappa shape index (κ2) is 3.99. The van der Waals surface area contributed by atoms with E-state index in [1.165, 1.54) is 0 Å². The summed E-state index contributed by atoms with van der Waals surface area (Å²) < 4.78 is 10.9. The molecule has 2 aliphatic heterocycles. The minimum Gasteiger partial charge on any atom is -0.388 e. The molecular weight excluding hydrogens is 206 g/mol. The molecule has 0 aliphatic carbocycles. The van der Waals surface area contributed by atoms with Gasteiger partial charge in [0.25, 0.3) is 0 Å². The van der Waals surface area contributed by atoms with E-state index in [2.05, 4.69) is 6.07 Å². The highest BCUT2D eigenvalue weighted by Gasteiger charge is 2.56. The molecule has 4 heteroatoms. The first-order chi connectivity index (χ1) is 7.51. The molecule has 2 heterocycles. The molecule has 0 spiro atoms. The highest BCUT2D eigenvalue weighted by atomic mass is 16.5. The van der Waals surface area contributed by atoms with Gasteiger partial charge in [0.05, 0.1) is 30.5 Å². The van der Waals surface area contributed by atoms with Gasteiger partial charge < -0.3 is 14.6 Å². The summed E-state index contributed by atoms with van der Waals surface area (Å²) in [4.78, 5) is 0. The summed E-state index contributed by atoms with van der Waals surface area (Å²) in [6.07, 6.45) is 1.67. The third-order valence-corrected chi connectivity index (χ3v) is 3.84. The number of nitrogens with zero attached hydrogens (tertiary/aromatic N) is 1. The van der Waals surface area contributed by atoms with E-state index in [0.29, 0.717) is 32.5 Å². The molecule has 0 amide bonds. The third-order valence-electron chi connectivity index (χ3n) is 3.84. The van der Waals surface area contributed by atoms with Crippen LogP contribution in [0.2, 0.25) is 0 Å². The summed E-state index contributed by atoms with van der Waals surface area (Å²) in [5.74, 6) is 0. The fourth-order valence-electron chi connectivity index (χ4n) is 3.04. The Hall–Kier alpha value is -0.630. The van der Waals surface area contributed by atoms with Crippen LogP contribution in [-0.4, -0.2) is 36.1 Å². The molecule has 0 bridgehead atoms. The van der Waals surface area contributed by atoms with Crippen LogP contribution in [0.3, 0.4) is 0 Å². The monoisotopic (exact) mass is 225 g/mol. The quantitative estimate of drug-likeness (QED) is 0.729. The number of nitriles is 1. The van der Waals surface area contributed by atoms with Crippen molar-refractivity contribution in [3.05, 3.63) is 0 Å². The number of rotatable bonds is 1. The number of ether oxygens (including phenoxy) is 2. The predicted molar refractivity (Wildman–Crippen MR) is 57.7 cm³/mol. The molecule has 0 radical (unpaired) electrons. The molecule has 3 atom stereocenters. The maximum absolute atomic E-state index is 10.8. The lowest BCUT2D eigenvalue weighted by molar-refractivity contribution is -0.172. The lowest BCUT2D eigenvalue weighted by Crippen LogP contribution is -2.55. The van der Waals surface area contributed by atoms with Crippen molar-refractivity contribution < 1.29 is 14.6 Å². The summed E-state index contributed by atoms with van der Waals surface area (Å²) in [6.45, 7) is 4.81. The van der Waals surface area contributed by atoms with Crippen molar-refractivity contribution in [1.82, 2.24) is 0 Å². The van der Waals surface area contributed by atoms with Crippen molar-refractivity contribution in [3.8, 4) is 6.07 Å². The first kappa shape index (κ1) is 11.8. The molecule has 3 unspecified atom stereocenters. The zero-order valence-electron chi connectivity index (χ0n) is 9.90. The van der Waals surface area contributed by atoms with E-state index in [-0.39, 0.29) is 12.2 Å². The van der Waals surface area contributed by atoms with Gasteiger partial charge in [0.1, 0.15) is 5.41 Å². The third kappa shape index (κ3) is 1.73. The predicted octanol–water partition coefficient (Wildman–Crippen LogP) is 1.24. The van der Waals surface area contributed by atoms with E-state index < -0.39 is 11.0 Å². The molecule has 2 rings (SSSR count). The maximum Gasteiger partial charge on any atom is 0.112 e. The Bertz CT molecular complexity index is 294. The van der Waals surface area contributed by atoms with Crippen LogP contribution >= 0.6 is 0 Å². The molecule has 90 valence electrons. The minimum absolute atomic E-state index is 0.000394. The number of hydrogen-bond donors (Lipinski definition) is 1. The van der Waals surface area contributed by atoms with Crippen molar-refractivity contribution in [2.75, 3.05) is 13.2 Å². The smallest absolute Gasteiger partial charge is 0.112 e. The second-order valence-electron chi connectivity index (χ2n) is 5.19. The lowest BCUT2D eigenvalue weighted by Gasteiger charge is -2.46. The maximum atomic E-state index is 10.8. The highest BCUT2D eigenvalue weighted by molar-refractivity contribution is 5.15. The summed E-state index contributed by atoms with van der Waals surface area (Å²) in [5.41, 5.74) is -1.70. The zero-order chi connectivity index (χ0) is 11.8. The van der Waals surface area contributed by atoms with Crippen LogP contribution in [0, 0.1) is 16.7 Å². The zero-order valence-corrected chi connectivity index (χ0v) is 9.90. The SMILES string of the molecule is CC1CC(O)(C2(C#N)CCOC2)CC(C)O1. The van der Waals surface area contributed by atoms with Gasteiger partial charge in [0.15, 0.2) is 0 Å². The normalized spacial score (nSPS) is 48.9. The molecule has 4 nitrogen and oxygen atoms in total. The summed E-state index contributed by atoms with van der Waals surface area (Å²) >= 11 is 0. The van der Waals surface area contributed by atoms with Gasteiger partial charge in [-0.25, -0.2) is 0 Å². The number of aliphatic hydroxyl groups is 1. The van der Waals surface area contributed by atoms with E-state index in [9.17, 15) is 10.4 Å². The van der Waals surface area contributed by atoms with Gasteiger partial charge in [-0.2, -0.15) is 5.26 Å². The first-order valence-corrected chi connectivity index (χ1v) is 5.88. The van der Waals surface area contributed by atoms with E-state index in [4.69, 9.17) is 9.47 Å². The average Bonchev–Trinajstić information content (AvgIpc) is 2.64. The molecule has 0 aromatic rings. The van der Waals surface area contributed by atoms with Gasteiger partial charge in [-0.1, -0.05) is 0 Å². The van der Waals surface area contributed by atoms with Crippen LogP contribution in [0.25, 0.3) is 0 Å². The topological polar surface area (TPSA) is 62.5 Å². The largest absolute Gasteiger partial charge is 0.388 e. The van der Waals surface area contributed by atoms with Gasteiger partial charge in [-0.05, 0) is 20.3 Å². The first-order valence-electron chi connectivity index (χ1n) is 5.88. The van der Waals surface area contributed by atoms with Gasteiger partial charge in [0, 0.05) is 19.4 Å². The molecule has 1 N–H and O–H groups in total. The fraction of sp³-hybridized carbons (Fsp3) is 0.917. The van der Waals surface area contributed by atoms with Crippen molar-refractivity contribution in [2.24, 2.45) is 5.41 Å². The molecule has 2 fully saturated rings. The van der Waals surface area contributed by atoms with Crippen molar-refractivity contribution in [3.63, 3.8) is 0 Å². The lowest BCUT2D eigenvalue weighted by atomic mass is 9.66. The van der Waals surface area contributed by atoms with E-state index in [0.717, 1.165) is 0 Å². The van der Waals surface area contributed by atoms with Crippen molar-refractivity contribution >= 4 is 0 Å². The molecule has 2 aliphatic rings. The average molecular weight is 225 g/mol. The van der Waals surface area contributed by atoms with E-state index >= 15 is 0 Å². The van der Waals surface area contributed by atoms with Gasteiger partial charge >= 0.3 is 0 Å².